The molecule has 2 saturated heterocycles. The summed E-state index contributed by atoms with van der Waals surface area (Å²) in [4.78, 5) is 7.42. The van der Waals surface area contributed by atoms with Crippen LogP contribution in [0.3, 0.4) is 0 Å². The van der Waals surface area contributed by atoms with E-state index in [9.17, 15) is 0 Å². The summed E-state index contributed by atoms with van der Waals surface area (Å²) < 4.78 is 0. The van der Waals surface area contributed by atoms with Gasteiger partial charge >= 0.3 is 0 Å². The molecule has 2 fully saturated rings. The maximum atomic E-state index is 6.69. The maximum Gasteiger partial charge on any atom is 0.0621 e. The molecule has 0 N–H and O–H groups in total. The predicted molar refractivity (Wildman–Crippen MR) is 115 cm³/mol. The van der Waals surface area contributed by atoms with E-state index < -0.39 is 0 Å². The van der Waals surface area contributed by atoms with Crippen molar-refractivity contribution in [3.63, 3.8) is 0 Å². The fraction of sp³-hybridized carbons (Fsp3) is 0.320. The van der Waals surface area contributed by atoms with E-state index in [-0.39, 0.29) is 6.04 Å². The SMILES string of the molecule is Clc1ccccc1C(c1ccccc1)N1C2CCC1CC(c1ccccn1)C2. The standard InChI is InChI=1S/C25H25ClN2/c26-23-11-5-4-10-22(23)25(18-8-2-1-3-9-18)28-20-13-14-21(28)17-19(16-20)24-12-6-7-15-27-24/h1-12,15,19-21,25H,13-14,16-17H2. The first-order valence-electron chi connectivity index (χ1n) is 10.3. The Bertz CT molecular complexity index is 914. The third kappa shape index (κ3) is 3.25. The highest BCUT2D eigenvalue weighted by molar-refractivity contribution is 6.31. The summed E-state index contributed by atoms with van der Waals surface area (Å²) in [6.45, 7) is 0. The molecule has 2 aliphatic rings. The molecule has 3 heterocycles. The number of hydrogen-bond acceptors (Lipinski definition) is 2. The van der Waals surface area contributed by atoms with Gasteiger partial charge in [-0.1, -0.05) is 66.2 Å². The van der Waals surface area contributed by atoms with Crippen LogP contribution in [0.4, 0.5) is 0 Å². The number of nitrogens with zero attached hydrogens (tertiary/aromatic N) is 2. The molecule has 0 spiro atoms. The Morgan fingerprint density at radius 3 is 2.18 bits per heavy atom. The Hall–Kier alpha value is -2.16. The molecule has 2 nitrogen and oxygen atoms in total. The lowest BCUT2D eigenvalue weighted by molar-refractivity contribution is 0.0926. The summed E-state index contributed by atoms with van der Waals surface area (Å²) in [6, 6.07) is 26.9. The Labute approximate surface area is 172 Å². The van der Waals surface area contributed by atoms with Crippen LogP contribution in [0.5, 0.6) is 0 Å². The molecule has 0 aliphatic carbocycles. The Morgan fingerprint density at radius 2 is 1.50 bits per heavy atom. The first-order valence-corrected chi connectivity index (χ1v) is 10.7. The van der Waals surface area contributed by atoms with Crippen molar-refractivity contribution < 1.29 is 0 Å². The highest BCUT2D eigenvalue weighted by Crippen LogP contribution is 2.48. The first kappa shape index (κ1) is 17.9. The maximum absolute atomic E-state index is 6.69. The number of benzene rings is 2. The van der Waals surface area contributed by atoms with Crippen LogP contribution in [0, 0.1) is 0 Å². The van der Waals surface area contributed by atoms with E-state index in [4.69, 9.17) is 11.6 Å². The molecule has 3 aromatic rings. The third-order valence-corrected chi connectivity index (χ3v) is 6.85. The van der Waals surface area contributed by atoms with Crippen LogP contribution in [0.1, 0.15) is 54.5 Å². The fourth-order valence-electron chi connectivity index (χ4n) is 5.34. The number of piperidine rings is 1. The second-order valence-corrected chi connectivity index (χ2v) is 8.50. The van der Waals surface area contributed by atoms with Crippen LogP contribution in [0.15, 0.2) is 79.0 Å². The molecule has 0 radical (unpaired) electrons. The van der Waals surface area contributed by atoms with Gasteiger partial charge < -0.3 is 0 Å². The van der Waals surface area contributed by atoms with Gasteiger partial charge in [-0.25, -0.2) is 0 Å². The van der Waals surface area contributed by atoms with Gasteiger partial charge in [0.1, 0.15) is 0 Å². The summed E-state index contributed by atoms with van der Waals surface area (Å²) in [7, 11) is 0. The molecule has 0 saturated carbocycles. The molecule has 1 aromatic heterocycles. The average Bonchev–Trinajstić information content (AvgIpc) is 2.99. The average molecular weight is 389 g/mol. The molecule has 2 aliphatic heterocycles. The molecular weight excluding hydrogens is 364 g/mol. The summed E-state index contributed by atoms with van der Waals surface area (Å²) in [5, 5.41) is 0.864. The molecule has 5 rings (SSSR count). The van der Waals surface area contributed by atoms with Crippen LogP contribution in [0.2, 0.25) is 5.02 Å². The highest BCUT2D eigenvalue weighted by atomic mass is 35.5. The Balaban J connectivity index is 1.51. The molecule has 2 bridgehead atoms. The van der Waals surface area contributed by atoms with Gasteiger partial charge in [0.05, 0.1) is 6.04 Å². The van der Waals surface area contributed by atoms with E-state index in [1.54, 1.807) is 0 Å². The van der Waals surface area contributed by atoms with Gasteiger partial charge in [0.15, 0.2) is 0 Å². The van der Waals surface area contributed by atoms with Crippen LogP contribution >= 0.6 is 11.6 Å². The van der Waals surface area contributed by atoms with E-state index in [2.05, 4.69) is 64.5 Å². The third-order valence-electron chi connectivity index (χ3n) is 6.51. The zero-order chi connectivity index (χ0) is 18.9. The van der Waals surface area contributed by atoms with Gasteiger partial charge in [0.2, 0.25) is 0 Å². The smallest absolute Gasteiger partial charge is 0.0621 e. The highest BCUT2D eigenvalue weighted by Gasteiger charge is 2.45. The van der Waals surface area contributed by atoms with Crippen molar-refractivity contribution in [2.45, 2.75) is 49.7 Å². The Kier molecular flexibility index (Phi) is 4.92. The minimum absolute atomic E-state index is 0.220. The largest absolute Gasteiger partial charge is 0.286 e. The number of halogens is 1. The fourth-order valence-corrected chi connectivity index (χ4v) is 5.58. The van der Waals surface area contributed by atoms with E-state index in [1.165, 1.54) is 42.5 Å². The van der Waals surface area contributed by atoms with E-state index in [0.717, 1.165) is 5.02 Å². The molecule has 3 atom stereocenters. The minimum Gasteiger partial charge on any atom is -0.286 e. The summed E-state index contributed by atoms with van der Waals surface area (Å²) in [6.07, 6.45) is 6.83. The van der Waals surface area contributed by atoms with Crippen molar-refractivity contribution in [2.24, 2.45) is 0 Å². The lowest BCUT2D eigenvalue weighted by atomic mass is 9.84. The molecule has 3 unspecified atom stereocenters. The molecular formula is C25H25ClN2. The second-order valence-electron chi connectivity index (χ2n) is 8.09. The number of fused-ring (bicyclic) bond motifs is 2. The summed E-state index contributed by atoms with van der Waals surface area (Å²) in [5.41, 5.74) is 3.82. The van der Waals surface area contributed by atoms with Crippen LogP contribution in [-0.2, 0) is 0 Å². The van der Waals surface area contributed by atoms with Crippen LogP contribution in [-0.4, -0.2) is 22.0 Å². The number of pyridine rings is 1. The van der Waals surface area contributed by atoms with Crippen molar-refractivity contribution in [3.05, 3.63) is 101 Å². The van der Waals surface area contributed by atoms with Gasteiger partial charge in [-0.15, -0.1) is 0 Å². The zero-order valence-corrected chi connectivity index (χ0v) is 16.7. The zero-order valence-electron chi connectivity index (χ0n) is 15.9. The summed E-state index contributed by atoms with van der Waals surface area (Å²) in [5.74, 6) is 0.567. The van der Waals surface area contributed by atoms with Crippen LogP contribution < -0.4 is 0 Å². The normalized spacial score (nSPS) is 25.5. The van der Waals surface area contributed by atoms with E-state index >= 15 is 0 Å². The number of aromatic nitrogens is 1. The minimum atomic E-state index is 0.220. The van der Waals surface area contributed by atoms with Crippen molar-refractivity contribution in [3.8, 4) is 0 Å². The van der Waals surface area contributed by atoms with Crippen molar-refractivity contribution in [2.75, 3.05) is 0 Å². The predicted octanol–water partition coefficient (Wildman–Crippen LogP) is 6.24. The Morgan fingerprint density at radius 1 is 0.821 bits per heavy atom. The van der Waals surface area contributed by atoms with Gasteiger partial charge in [0.25, 0.3) is 0 Å². The van der Waals surface area contributed by atoms with Crippen molar-refractivity contribution in [1.29, 1.82) is 0 Å². The lowest BCUT2D eigenvalue weighted by Gasteiger charge is -2.44. The summed E-state index contributed by atoms with van der Waals surface area (Å²) >= 11 is 6.69. The molecule has 0 amide bonds. The second kappa shape index (κ2) is 7.69. The van der Waals surface area contributed by atoms with Crippen LogP contribution in [0.25, 0.3) is 0 Å². The number of rotatable bonds is 4. The first-order chi connectivity index (χ1) is 13.8. The van der Waals surface area contributed by atoms with Gasteiger partial charge in [0, 0.05) is 34.9 Å². The topological polar surface area (TPSA) is 16.1 Å². The van der Waals surface area contributed by atoms with Crippen molar-refractivity contribution >= 4 is 11.6 Å². The molecule has 3 heteroatoms. The monoisotopic (exact) mass is 388 g/mol. The van der Waals surface area contributed by atoms with Crippen molar-refractivity contribution in [1.82, 2.24) is 9.88 Å². The quantitative estimate of drug-likeness (QED) is 0.526. The van der Waals surface area contributed by atoms with Gasteiger partial charge in [-0.2, -0.15) is 0 Å². The molecule has 142 valence electrons. The molecule has 2 aromatic carbocycles. The lowest BCUT2D eigenvalue weighted by Crippen LogP contribution is -2.45. The molecule has 28 heavy (non-hydrogen) atoms. The van der Waals surface area contributed by atoms with Gasteiger partial charge in [-0.05, 0) is 55.0 Å². The van der Waals surface area contributed by atoms with Gasteiger partial charge in [-0.3, -0.25) is 9.88 Å². The van der Waals surface area contributed by atoms with E-state index in [0.29, 0.717) is 18.0 Å². The number of hydrogen-bond donors (Lipinski definition) is 0. The van der Waals surface area contributed by atoms with E-state index in [1.807, 2.05) is 24.4 Å².